The van der Waals surface area contributed by atoms with Gasteiger partial charge in [0.05, 0.1) is 13.5 Å². The molecule has 0 aliphatic rings. The van der Waals surface area contributed by atoms with Crippen molar-refractivity contribution in [3.8, 4) is 17.1 Å². The molecule has 24 heavy (non-hydrogen) atoms. The van der Waals surface area contributed by atoms with Crippen LogP contribution in [0.25, 0.3) is 11.4 Å². The lowest BCUT2D eigenvalue weighted by Crippen LogP contribution is -2.14. The van der Waals surface area contributed by atoms with E-state index < -0.39 is 0 Å². The largest absolute Gasteiger partial charge is 0.497 e. The van der Waals surface area contributed by atoms with Gasteiger partial charge < -0.3 is 10.1 Å². The lowest BCUT2D eigenvalue weighted by Gasteiger charge is -2.08. The monoisotopic (exact) mass is 323 g/mol. The first-order valence-electron chi connectivity index (χ1n) is 7.41. The van der Waals surface area contributed by atoms with Crippen LogP contribution in [0.15, 0.2) is 48.5 Å². The number of carbonyl (C=O) groups excluding carboxylic acids is 1. The molecule has 7 nitrogen and oxygen atoms in total. The van der Waals surface area contributed by atoms with Gasteiger partial charge in [-0.2, -0.15) is 0 Å². The molecule has 0 atom stereocenters. The third-order valence-electron chi connectivity index (χ3n) is 3.52. The molecule has 0 aliphatic carbocycles. The molecule has 1 aromatic heterocycles. The number of amides is 1. The zero-order valence-corrected chi connectivity index (χ0v) is 13.4. The summed E-state index contributed by atoms with van der Waals surface area (Å²) in [4.78, 5) is 12.2. The van der Waals surface area contributed by atoms with Crippen molar-refractivity contribution in [1.29, 1.82) is 0 Å². The van der Waals surface area contributed by atoms with Crippen molar-refractivity contribution in [2.24, 2.45) is 7.05 Å². The van der Waals surface area contributed by atoms with Crippen LogP contribution in [0.4, 0.5) is 5.69 Å². The molecule has 0 unspecified atom stereocenters. The predicted octanol–water partition coefficient (Wildman–Crippen LogP) is 2.07. The number of benzene rings is 2. The Kier molecular flexibility index (Phi) is 4.51. The topological polar surface area (TPSA) is 81.9 Å². The van der Waals surface area contributed by atoms with Gasteiger partial charge in [0.2, 0.25) is 5.91 Å². The van der Waals surface area contributed by atoms with Crippen molar-refractivity contribution in [2.45, 2.75) is 6.42 Å². The van der Waals surface area contributed by atoms with Crippen LogP contribution in [-0.2, 0) is 18.3 Å². The second-order valence-electron chi connectivity index (χ2n) is 5.28. The summed E-state index contributed by atoms with van der Waals surface area (Å²) in [6, 6.07) is 14.9. The van der Waals surface area contributed by atoms with Gasteiger partial charge in [-0.1, -0.05) is 24.3 Å². The smallest absolute Gasteiger partial charge is 0.228 e. The Hall–Kier alpha value is -3.22. The van der Waals surface area contributed by atoms with Gasteiger partial charge in [0.15, 0.2) is 5.82 Å². The fourth-order valence-electron chi connectivity index (χ4n) is 2.38. The van der Waals surface area contributed by atoms with Gasteiger partial charge in [0.1, 0.15) is 5.75 Å². The Balaban J connectivity index is 1.71. The Morgan fingerprint density at radius 1 is 1.21 bits per heavy atom. The summed E-state index contributed by atoms with van der Waals surface area (Å²) in [5.41, 5.74) is 2.42. The van der Waals surface area contributed by atoms with Gasteiger partial charge in [0, 0.05) is 18.3 Å². The molecule has 0 radical (unpaired) electrons. The minimum Gasteiger partial charge on any atom is -0.497 e. The van der Waals surface area contributed by atoms with Crippen LogP contribution in [0.2, 0.25) is 0 Å². The van der Waals surface area contributed by atoms with Crippen LogP contribution in [0, 0.1) is 0 Å². The predicted molar refractivity (Wildman–Crippen MR) is 89.6 cm³/mol. The van der Waals surface area contributed by atoms with Gasteiger partial charge in [-0.3, -0.25) is 4.79 Å². The molecule has 0 fully saturated rings. The summed E-state index contributed by atoms with van der Waals surface area (Å²) in [5, 5.41) is 14.3. The van der Waals surface area contributed by atoms with E-state index in [2.05, 4.69) is 20.8 Å². The summed E-state index contributed by atoms with van der Waals surface area (Å²) in [5.74, 6) is 1.27. The second kappa shape index (κ2) is 6.91. The Bertz CT molecular complexity index is 859. The maximum atomic E-state index is 12.2. The van der Waals surface area contributed by atoms with E-state index in [0.717, 1.165) is 16.9 Å². The Morgan fingerprint density at radius 2 is 2.04 bits per heavy atom. The van der Waals surface area contributed by atoms with E-state index in [1.165, 1.54) is 0 Å². The summed E-state index contributed by atoms with van der Waals surface area (Å²) in [6.07, 6.45) is 0.271. The number of rotatable bonds is 5. The molecule has 0 aliphatic heterocycles. The van der Waals surface area contributed by atoms with Crippen molar-refractivity contribution in [3.63, 3.8) is 0 Å². The highest BCUT2D eigenvalue weighted by Gasteiger charge is 2.09. The van der Waals surface area contributed by atoms with Gasteiger partial charge in [-0.05, 0) is 40.3 Å². The first-order valence-corrected chi connectivity index (χ1v) is 7.41. The van der Waals surface area contributed by atoms with E-state index in [-0.39, 0.29) is 12.3 Å². The minimum absolute atomic E-state index is 0.100. The Labute approximate surface area is 139 Å². The van der Waals surface area contributed by atoms with Crippen molar-refractivity contribution in [3.05, 3.63) is 54.1 Å². The summed E-state index contributed by atoms with van der Waals surface area (Å²) < 4.78 is 6.75. The molecule has 1 heterocycles. The van der Waals surface area contributed by atoms with Crippen LogP contribution in [-0.4, -0.2) is 33.2 Å². The molecule has 0 saturated heterocycles. The number of hydrogen-bond acceptors (Lipinski definition) is 5. The van der Waals surface area contributed by atoms with Crippen molar-refractivity contribution in [2.75, 3.05) is 12.4 Å². The Morgan fingerprint density at radius 3 is 2.79 bits per heavy atom. The fourth-order valence-corrected chi connectivity index (χ4v) is 2.38. The first kappa shape index (κ1) is 15.7. The zero-order valence-electron chi connectivity index (χ0n) is 13.4. The third kappa shape index (κ3) is 3.57. The number of methoxy groups -OCH3 is 1. The van der Waals surface area contributed by atoms with Gasteiger partial charge >= 0.3 is 0 Å². The molecule has 0 saturated carbocycles. The number of aryl methyl sites for hydroxylation is 1. The van der Waals surface area contributed by atoms with Crippen LogP contribution in [0.5, 0.6) is 5.75 Å². The van der Waals surface area contributed by atoms with Crippen molar-refractivity contribution < 1.29 is 9.53 Å². The average molecular weight is 323 g/mol. The van der Waals surface area contributed by atoms with Crippen LogP contribution < -0.4 is 10.1 Å². The molecular weight excluding hydrogens is 306 g/mol. The van der Waals surface area contributed by atoms with E-state index in [0.29, 0.717) is 11.5 Å². The molecule has 2 aromatic carbocycles. The number of nitrogens with zero attached hydrogens (tertiary/aromatic N) is 4. The molecule has 7 heteroatoms. The normalized spacial score (nSPS) is 10.4. The number of hydrogen-bond donors (Lipinski definition) is 1. The number of carbonyl (C=O) groups is 1. The molecule has 0 spiro atoms. The van der Waals surface area contributed by atoms with E-state index in [4.69, 9.17) is 4.74 Å². The lowest BCUT2D eigenvalue weighted by molar-refractivity contribution is -0.115. The van der Waals surface area contributed by atoms with E-state index in [9.17, 15) is 4.79 Å². The number of nitrogens with one attached hydrogen (secondary N) is 1. The van der Waals surface area contributed by atoms with E-state index in [1.807, 2.05) is 48.5 Å². The maximum absolute atomic E-state index is 12.2. The molecule has 1 amide bonds. The fraction of sp³-hybridized carbons (Fsp3) is 0.176. The van der Waals surface area contributed by atoms with E-state index in [1.54, 1.807) is 18.8 Å². The van der Waals surface area contributed by atoms with Gasteiger partial charge in [0.25, 0.3) is 0 Å². The SMILES string of the molecule is COc1cccc(CC(=O)Nc2cccc(-c3nnnn3C)c2)c1. The van der Waals surface area contributed by atoms with E-state index >= 15 is 0 Å². The summed E-state index contributed by atoms with van der Waals surface area (Å²) in [7, 11) is 3.37. The molecular formula is C17H17N5O2. The van der Waals surface area contributed by atoms with Crippen molar-refractivity contribution >= 4 is 11.6 Å². The van der Waals surface area contributed by atoms with Crippen LogP contribution in [0.1, 0.15) is 5.56 Å². The number of aromatic nitrogens is 4. The standard InChI is InChI=1S/C17H17N5O2/c1-22-17(19-20-21-22)13-6-4-7-14(11-13)18-16(23)10-12-5-3-8-15(9-12)24-2/h3-9,11H,10H2,1-2H3,(H,18,23). The highest BCUT2D eigenvalue weighted by molar-refractivity contribution is 5.92. The number of tetrazole rings is 1. The average Bonchev–Trinajstić information content (AvgIpc) is 3.01. The zero-order chi connectivity index (χ0) is 16.9. The maximum Gasteiger partial charge on any atom is 0.228 e. The van der Waals surface area contributed by atoms with Gasteiger partial charge in [-0.15, -0.1) is 5.10 Å². The van der Waals surface area contributed by atoms with Crippen molar-refractivity contribution in [1.82, 2.24) is 20.2 Å². The third-order valence-corrected chi connectivity index (χ3v) is 3.52. The molecule has 0 bridgehead atoms. The lowest BCUT2D eigenvalue weighted by atomic mass is 10.1. The summed E-state index contributed by atoms with van der Waals surface area (Å²) in [6.45, 7) is 0. The molecule has 3 aromatic rings. The molecule has 3 rings (SSSR count). The number of ether oxygens (including phenoxy) is 1. The quantitative estimate of drug-likeness (QED) is 0.777. The highest BCUT2D eigenvalue weighted by Crippen LogP contribution is 2.20. The number of anilines is 1. The summed E-state index contributed by atoms with van der Waals surface area (Å²) >= 11 is 0. The molecule has 122 valence electrons. The van der Waals surface area contributed by atoms with Crippen LogP contribution in [0.3, 0.4) is 0 Å². The van der Waals surface area contributed by atoms with Gasteiger partial charge in [-0.25, -0.2) is 4.68 Å². The second-order valence-corrected chi connectivity index (χ2v) is 5.28. The highest BCUT2D eigenvalue weighted by atomic mass is 16.5. The van der Waals surface area contributed by atoms with Crippen LogP contribution >= 0.6 is 0 Å². The minimum atomic E-state index is -0.100. The first-order chi connectivity index (χ1) is 11.7. The molecule has 1 N–H and O–H groups in total.